The predicted octanol–water partition coefficient (Wildman–Crippen LogP) is 3.77. The number of esters is 1. The molecule has 0 spiro atoms. The number of urea groups is 1. The van der Waals surface area contributed by atoms with Gasteiger partial charge in [0.1, 0.15) is 6.61 Å². The molecule has 2 atom stereocenters. The summed E-state index contributed by atoms with van der Waals surface area (Å²) in [5.74, 6) is 1.21. The van der Waals surface area contributed by atoms with Gasteiger partial charge < -0.3 is 39.4 Å². The fraction of sp³-hybridized carbons (Fsp3) is 0.393. The normalized spacial score (nSPS) is 15.7. The number of aliphatic hydroxyl groups excluding tert-OH is 1. The third-order valence-electron chi connectivity index (χ3n) is 5.72. The zero-order chi connectivity index (χ0) is 30.1. The number of ether oxygens (including phenoxy) is 5. The minimum atomic E-state index is -1.16. The number of rotatable bonds is 13. The van der Waals surface area contributed by atoms with E-state index in [-0.39, 0.29) is 18.3 Å². The number of aliphatic hydroxyl groups is 1. The second kappa shape index (κ2) is 14.6. The maximum Gasteiger partial charge on any atom is 0.337 e. The number of nitrogens with zero attached hydrogens (tertiary/aromatic N) is 1. The van der Waals surface area contributed by atoms with E-state index in [4.69, 9.17) is 23.7 Å². The SMILES string of the molecule is CCOc1cc([C@H]2NC(=O)NC(C)=C2C(=O)OC)ccc1OC[C@@H](O)N/N=C/c1cc(Br)cc(OC)c1OC(C)C. The molecule has 0 bridgehead atoms. The smallest absolute Gasteiger partial charge is 0.337 e. The van der Waals surface area contributed by atoms with E-state index in [0.29, 0.717) is 46.4 Å². The largest absolute Gasteiger partial charge is 0.493 e. The summed E-state index contributed by atoms with van der Waals surface area (Å²) < 4.78 is 28.5. The predicted molar refractivity (Wildman–Crippen MR) is 155 cm³/mol. The minimum Gasteiger partial charge on any atom is -0.493 e. The maximum atomic E-state index is 12.4. The van der Waals surface area contributed by atoms with Gasteiger partial charge in [0.05, 0.1) is 44.8 Å². The van der Waals surface area contributed by atoms with Gasteiger partial charge in [0, 0.05) is 15.7 Å². The van der Waals surface area contributed by atoms with Crippen molar-refractivity contribution in [2.75, 3.05) is 27.4 Å². The first-order valence-electron chi connectivity index (χ1n) is 12.8. The molecule has 1 aliphatic heterocycles. The molecular weight excluding hydrogens is 600 g/mol. The summed E-state index contributed by atoms with van der Waals surface area (Å²) in [5, 5.41) is 19.9. The molecule has 0 radical (unpaired) electrons. The molecule has 1 heterocycles. The molecule has 3 rings (SSSR count). The Hall–Kier alpha value is -3.97. The van der Waals surface area contributed by atoms with Crippen LogP contribution in [0.1, 0.15) is 44.9 Å². The number of nitrogens with one attached hydrogen (secondary N) is 3. The second-order valence-corrected chi connectivity index (χ2v) is 10.0. The molecule has 2 amide bonds. The summed E-state index contributed by atoms with van der Waals surface area (Å²) in [5.41, 5.74) is 4.51. The molecule has 0 aliphatic carbocycles. The van der Waals surface area contributed by atoms with Crippen molar-refractivity contribution in [2.45, 2.75) is 46.1 Å². The molecule has 13 heteroatoms. The highest BCUT2D eigenvalue weighted by Crippen LogP contribution is 2.36. The molecule has 0 unspecified atom stereocenters. The van der Waals surface area contributed by atoms with Crippen molar-refractivity contribution in [1.82, 2.24) is 16.1 Å². The molecule has 0 saturated heterocycles. The zero-order valence-corrected chi connectivity index (χ0v) is 25.3. The van der Waals surface area contributed by atoms with E-state index in [1.165, 1.54) is 13.3 Å². The molecule has 1 aliphatic rings. The van der Waals surface area contributed by atoms with Gasteiger partial charge in [0.15, 0.2) is 29.2 Å². The van der Waals surface area contributed by atoms with Crippen LogP contribution in [-0.2, 0) is 9.53 Å². The van der Waals surface area contributed by atoms with E-state index in [2.05, 4.69) is 37.1 Å². The van der Waals surface area contributed by atoms with Crippen LogP contribution >= 0.6 is 15.9 Å². The fourth-order valence-electron chi connectivity index (χ4n) is 4.01. The van der Waals surface area contributed by atoms with E-state index >= 15 is 0 Å². The Morgan fingerprint density at radius 2 is 1.93 bits per heavy atom. The highest BCUT2D eigenvalue weighted by atomic mass is 79.9. The lowest BCUT2D eigenvalue weighted by molar-refractivity contribution is -0.136. The van der Waals surface area contributed by atoms with Crippen LogP contribution in [0.15, 0.2) is 51.2 Å². The number of amides is 2. The standard InChI is InChI=1S/C28H35BrN4O8/c1-7-39-21-11-17(25-24(27(35)38-6)16(4)31-28(36)32-25)8-9-20(21)40-14-23(34)33-30-13-18-10-19(29)12-22(37-5)26(18)41-15(2)3/h8-13,15,23,25,33-34H,7,14H2,1-6H3,(H2,31,32,36)/b30-13+/t23-,25-/m1/s1. The average molecular weight is 636 g/mol. The number of hydrogen-bond donors (Lipinski definition) is 4. The van der Waals surface area contributed by atoms with Gasteiger partial charge in [0.25, 0.3) is 0 Å². The minimum absolute atomic E-state index is 0.0896. The molecule has 41 heavy (non-hydrogen) atoms. The van der Waals surface area contributed by atoms with E-state index in [0.717, 1.165) is 4.47 Å². The van der Waals surface area contributed by atoms with Crippen molar-refractivity contribution >= 4 is 34.1 Å². The second-order valence-electron chi connectivity index (χ2n) is 9.11. The van der Waals surface area contributed by atoms with Gasteiger partial charge in [-0.25, -0.2) is 9.59 Å². The quantitative estimate of drug-likeness (QED) is 0.112. The van der Waals surface area contributed by atoms with Gasteiger partial charge in [-0.2, -0.15) is 5.10 Å². The van der Waals surface area contributed by atoms with Gasteiger partial charge >= 0.3 is 12.0 Å². The number of allylic oxidation sites excluding steroid dienone is 1. The topological polar surface area (TPSA) is 149 Å². The summed E-state index contributed by atoms with van der Waals surface area (Å²) in [6, 6.07) is 7.40. The molecule has 0 aromatic heterocycles. The van der Waals surface area contributed by atoms with Crippen molar-refractivity contribution in [1.29, 1.82) is 0 Å². The summed E-state index contributed by atoms with van der Waals surface area (Å²) in [4.78, 5) is 24.6. The monoisotopic (exact) mass is 634 g/mol. The van der Waals surface area contributed by atoms with Crippen molar-refractivity contribution < 1.29 is 38.4 Å². The van der Waals surface area contributed by atoms with Crippen LogP contribution < -0.4 is 35.0 Å². The number of halogens is 1. The summed E-state index contributed by atoms with van der Waals surface area (Å²) in [6.07, 6.45) is 0.258. The number of benzene rings is 2. The van der Waals surface area contributed by atoms with E-state index in [1.807, 2.05) is 26.8 Å². The first-order valence-corrected chi connectivity index (χ1v) is 13.6. The number of carbonyl (C=O) groups is 2. The van der Waals surface area contributed by atoms with Gasteiger partial charge in [-0.05, 0) is 57.5 Å². The van der Waals surface area contributed by atoms with Crippen molar-refractivity contribution in [3.8, 4) is 23.0 Å². The highest BCUT2D eigenvalue weighted by Gasteiger charge is 2.32. The van der Waals surface area contributed by atoms with Crippen molar-refractivity contribution in [3.63, 3.8) is 0 Å². The Morgan fingerprint density at radius 3 is 2.59 bits per heavy atom. The Bertz CT molecular complexity index is 1310. The molecule has 12 nitrogen and oxygen atoms in total. The van der Waals surface area contributed by atoms with Gasteiger partial charge in [0.2, 0.25) is 0 Å². The number of hydrogen-bond acceptors (Lipinski definition) is 10. The lowest BCUT2D eigenvalue weighted by atomic mass is 9.95. The Kier molecular flexibility index (Phi) is 11.2. The Labute approximate surface area is 247 Å². The molecule has 0 saturated carbocycles. The van der Waals surface area contributed by atoms with Gasteiger partial charge in [-0.1, -0.05) is 22.0 Å². The molecule has 2 aromatic rings. The number of hydrazone groups is 1. The first kappa shape index (κ1) is 31.6. The van der Waals surface area contributed by atoms with Crippen molar-refractivity contribution in [3.05, 3.63) is 57.2 Å². The first-order chi connectivity index (χ1) is 19.6. The average Bonchev–Trinajstić information content (AvgIpc) is 2.92. The van der Waals surface area contributed by atoms with Crippen LogP contribution in [0.3, 0.4) is 0 Å². The van der Waals surface area contributed by atoms with E-state index in [9.17, 15) is 14.7 Å². The van der Waals surface area contributed by atoms with Gasteiger partial charge in [-0.3, -0.25) is 5.43 Å². The van der Waals surface area contributed by atoms with Crippen LogP contribution in [0.4, 0.5) is 4.79 Å². The van der Waals surface area contributed by atoms with Crippen molar-refractivity contribution in [2.24, 2.45) is 5.10 Å². The lowest BCUT2D eigenvalue weighted by Gasteiger charge is -2.28. The number of carbonyl (C=O) groups excluding carboxylic acids is 2. The summed E-state index contributed by atoms with van der Waals surface area (Å²) >= 11 is 3.45. The van der Waals surface area contributed by atoms with Crippen LogP contribution in [0.5, 0.6) is 23.0 Å². The van der Waals surface area contributed by atoms with E-state index in [1.54, 1.807) is 38.3 Å². The Balaban J connectivity index is 1.73. The molecular formula is C28H35BrN4O8. The van der Waals surface area contributed by atoms with Gasteiger partial charge in [-0.15, -0.1) is 0 Å². The van der Waals surface area contributed by atoms with Crippen LogP contribution in [0, 0.1) is 0 Å². The van der Waals surface area contributed by atoms with Crippen LogP contribution in [0.2, 0.25) is 0 Å². The van der Waals surface area contributed by atoms with Crippen LogP contribution in [-0.4, -0.2) is 63.1 Å². The molecule has 2 aromatic carbocycles. The summed E-state index contributed by atoms with van der Waals surface area (Å²) in [6.45, 7) is 7.42. The molecule has 4 N–H and O–H groups in total. The fourth-order valence-corrected chi connectivity index (χ4v) is 4.47. The third kappa shape index (κ3) is 8.27. The van der Waals surface area contributed by atoms with E-state index < -0.39 is 24.3 Å². The molecule has 222 valence electrons. The maximum absolute atomic E-state index is 12.4. The molecule has 0 fully saturated rings. The lowest BCUT2D eigenvalue weighted by Crippen LogP contribution is -2.45. The zero-order valence-electron chi connectivity index (χ0n) is 23.7. The summed E-state index contributed by atoms with van der Waals surface area (Å²) in [7, 11) is 2.83. The highest BCUT2D eigenvalue weighted by molar-refractivity contribution is 9.10. The Morgan fingerprint density at radius 1 is 1.17 bits per heavy atom. The number of methoxy groups -OCH3 is 2. The third-order valence-corrected chi connectivity index (χ3v) is 6.18. The van der Waals surface area contributed by atoms with Crippen LogP contribution in [0.25, 0.3) is 0 Å².